The number of benzene rings is 2. The van der Waals surface area contributed by atoms with Crippen molar-refractivity contribution in [2.45, 2.75) is 51.7 Å². The van der Waals surface area contributed by atoms with Crippen molar-refractivity contribution >= 4 is 16.9 Å². The molecule has 1 aliphatic carbocycles. The lowest BCUT2D eigenvalue weighted by atomic mass is 9.86. The molecule has 2 N–H and O–H groups in total. The third-order valence-corrected chi connectivity index (χ3v) is 6.11. The molecule has 2 aromatic carbocycles. The number of carboxylic acids is 1. The molecule has 0 radical (unpaired) electrons. The number of nitrogens with zero attached hydrogens (tertiary/aromatic N) is 1. The van der Waals surface area contributed by atoms with Crippen LogP contribution in [0, 0.1) is 5.92 Å². The molecular weight excluding hydrogens is 348 g/mol. The molecule has 0 unspecified atom stereocenters. The minimum absolute atomic E-state index is 0.404. The van der Waals surface area contributed by atoms with Gasteiger partial charge in [0.1, 0.15) is 5.69 Å². The van der Waals surface area contributed by atoms with E-state index in [2.05, 4.69) is 12.2 Å². The molecule has 1 aliphatic rings. The van der Waals surface area contributed by atoms with Crippen LogP contribution >= 0.6 is 0 Å². The fourth-order valence-electron chi connectivity index (χ4n) is 4.58. The van der Waals surface area contributed by atoms with Crippen LogP contribution in [0.4, 0.5) is 0 Å². The highest BCUT2D eigenvalue weighted by molar-refractivity contribution is 5.98. The van der Waals surface area contributed by atoms with Crippen LogP contribution in [0.25, 0.3) is 10.9 Å². The van der Waals surface area contributed by atoms with E-state index in [9.17, 15) is 9.90 Å². The first kappa shape index (κ1) is 18.8. The van der Waals surface area contributed by atoms with E-state index < -0.39 is 5.97 Å². The van der Waals surface area contributed by atoms with E-state index in [0.717, 1.165) is 22.0 Å². The van der Waals surface area contributed by atoms with Crippen molar-refractivity contribution in [1.82, 2.24) is 9.88 Å². The van der Waals surface area contributed by atoms with Crippen molar-refractivity contribution < 1.29 is 9.90 Å². The molecule has 4 heteroatoms. The lowest BCUT2D eigenvalue weighted by Gasteiger charge is -2.29. The van der Waals surface area contributed by atoms with Crippen molar-refractivity contribution in [2.75, 3.05) is 0 Å². The zero-order valence-electron chi connectivity index (χ0n) is 16.4. The summed E-state index contributed by atoms with van der Waals surface area (Å²) in [6.07, 6.45) is 4.98. The van der Waals surface area contributed by atoms with E-state index >= 15 is 0 Å². The molecule has 4 nitrogen and oxygen atoms in total. The standard InChI is InChI=1S/C24H28N2O2/c1-17-9-5-7-13-21(17)25-15-20-19-12-6-8-14-22(19)26(23(20)24(27)28)16-18-10-3-2-4-11-18/h2-4,6,8,10-12,14,17,21,25H,5,7,9,13,15-16H2,1H3,(H,27,28)/t17-,21-/m0/s1. The van der Waals surface area contributed by atoms with Gasteiger partial charge in [0.25, 0.3) is 0 Å². The van der Waals surface area contributed by atoms with Gasteiger partial charge in [-0.2, -0.15) is 0 Å². The highest BCUT2D eigenvalue weighted by Gasteiger charge is 2.25. The van der Waals surface area contributed by atoms with Crippen molar-refractivity contribution in [3.8, 4) is 0 Å². The maximum atomic E-state index is 12.3. The first-order valence-corrected chi connectivity index (χ1v) is 10.3. The van der Waals surface area contributed by atoms with Gasteiger partial charge in [0.15, 0.2) is 0 Å². The van der Waals surface area contributed by atoms with Crippen LogP contribution in [0.5, 0.6) is 0 Å². The molecule has 0 aliphatic heterocycles. The molecule has 146 valence electrons. The first-order valence-electron chi connectivity index (χ1n) is 10.3. The molecule has 1 saturated carbocycles. The van der Waals surface area contributed by atoms with Crippen LogP contribution in [0.15, 0.2) is 54.6 Å². The number of carboxylic acid groups (broad SMARTS) is 1. The maximum absolute atomic E-state index is 12.3. The molecule has 1 fully saturated rings. The summed E-state index contributed by atoms with van der Waals surface area (Å²) in [4.78, 5) is 12.3. The Labute approximate surface area is 166 Å². The normalized spacial score (nSPS) is 19.8. The van der Waals surface area contributed by atoms with Crippen molar-refractivity contribution in [3.63, 3.8) is 0 Å². The van der Waals surface area contributed by atoms with Gasteiger partial charge in [-0.05, 0) is 30.4 Å². The van der Waals surface area contributed by atoms with Crippen LogP contribution in [0.1, 0.15) is 54.2 Å². The van der Waals surface area contributed by atoms with E-state index in [1.165, 1.54) is 25.7 Å². The van der Waals surface area contributed by atoms with Crippen LogP contribution < -0.4 is 5.32 Å². The Bertz CT molecular complexity index is 961. The van der Waals surface area contributed by atoms with Crippen molar-refractivity contribution in [3.05, 3.63) is 71.4 Å². The largest absolute Gasteiger partial charge is 0.477 e. The molecule has 0 amide bonds. The van der Waals surface area contributed by atoms with E-state index in [0.29, 0.717) is 30.7 Å². The molecule has 28 heavy (non-hydrogen) atoms. The number of carbonyl (C=O) groups is 1. The molecule has 2 atom stereocenters. The highest BCUT2D eigenvalue weighted by Crippen LogP contribution is 2.29. The Kier molecular flexibility index (Phi) is 5.49. The topological polar surface area (TPSA) is 54.3 Å². The van der Waals surface area contributed by atoms with Gasteiger partial charge in [-0.3, -0.25) is 0 Å². The molecule has 1 aromatic heterocycles. The Morgan fingerprint density at radius 2 is 1.79 bits per heavy atom. The third-order valence-electron chi connectivity index (χ3n) is 6.11. The molecule has 1 heterocycles. The van der Waals surface area contributed by atoms with Crippen LogP contribution in [0.2, 0.25) is 0 Å². The Balaban J connectivity index is 1.72. The summed E-state index contributed by atoms with van der Waals surface area (Å²) < 4.78 is 1.95. The number of hydrogen-bond donors (Lipinski definition) is 2. The van der Waals surface area contributed by atoms with Crippen molar-refractivity contribution in [1.29, 1.82) is 0 Å². The minimum Gasteiger partial charge on any atom is -0.477 e. The van der Waals surface area contributed by atoms with Gasteiger partial charge < -0.3 is 15.0 Å². The monoisotopic (exact) mass is 376 g/mol. The summed E-state index contributed by atoms with van der Waals surface area (Å²) in [5.41, 5.74) is 3.39. The average molecular weight is 377 g/mol. The second-order valence-corrected chi connectivity index (χ2v) is 7.97. The van der Waals surface area contributed by atoms with Gasteiger partial charge in [-0.25, -0.2) is 4.79 Å². The van der Waals surface area contributed by atoms with E-state index in [1.54, 1.807) is 0 Å². The predicted molar refractivity (Wildman–Crippen MR) is 113 cm³/mol. The smallest absolute Gasteiger partial charge is 0.352 e. The summed E-state index contributed by atoms with van der Waals surface area (Å²) in [7, 11) is 0. The van der Waals surface area contributed by atoms with Gasteiger partial charge in [0, 0.05) is 35.6 Å². The predicted octanol–water partition coefficient (Wildman–Crippen LogP) is 5.06. The number of fused-ring (bicyclic) bond motifs is 1. The molecule has 0 spiro atoms. The van der Waals surface area contributed by atoms with Gasteiger partial charge in [-0.15, -0.1) is 0 Å². The van der Waals surface area contributed by atoms with Gasteiger partial charge >= 0.3 is 5.97 Å². The number of nitrogens with one attached hydrogen (secondary N) is 1. The summed E-state index contributed by atoms with van der Waals surface area (Å²) in [5.74, 6) is -0.222. The molecule has 0 saturated heterocycles. The number of rotatable bonds is 6. The number of aromatic nitrogens is 1. The molecule has 4 rings (SSSR count). The van der Waals surface area contributed by atoms with Gasteiger partial charge in [0.2, 0.25) is 0 Å². The van der Waals surface area contributed by atoms with Gasteiger partial charge in [0.05, 0.1) is 0 Å². The Morgan fingerprint density at radius 3 is 2.54 bits per heavy atom. The number of para-hydroxylation sites is 1. The van der Waals surface area contributed by atoms with Crippen LogP contribution in [-0.2, 0) is 13.1 Å². The SMILES string of the molecule is C[C@H]1CCCC[C@@H]1NCc1c(C(=O)O)n(Cc2ccccc2)c2ccccc12. The van der Waals surface area contributed by atoms with E-state index in [-0.39, 0.29) is 0 Å². The van der Waals surface area contributed by atoms with Crippen LogP contribution in [0.3, 0.4) is 0 Å². The highest BCUT2D eigenvalue weighted by atomic mass is 16.4. The van der Waals surface area contributed by atoms with E-state index in [1.807, 2.05) is 59.2 Å². The first-order chi connectivity index (χ1) is 13.6. The summed E-state index contributed by atoms with van der Waals surface area (Å²) in [5, 5.41) is 14.8. The summed E-state index contributed by atoms with van der Waals surface area (Å²) >= 11 is 0. The Morgan fingerprint density at radius 1 is 1.07 bits per heavy atom. The summed E-state index contributed by atoms with van der Waals surface area (Å²) in [6, 6.07) is 18.6. The van der Waals surface area contributed by atoms with Gasteiger partial charge in [-0.1, -0.05) is 68.3 Å². The van der Waals surface area contributed by atoms with Crippen LogP contribution in [-0.4, -0.2) is 21.7 Å². The lowest BCUT2D eigenvalue weighted by molar-refractivity contribution is 0.0684. The Hall–Kier alpha value is -2.59. The quantitative estimate of drug-likeness (QED) is 0.632. The second-order valence-electron chi connectivity index (χ2n) is 7.97. The minimum atomic E-state index is -0.861. The zero-order valence-corrected chi connectivity index (χ0v) is 16.4. The van der Waals surface area contributed by atoms with Crippen molar-refractivity contribution in [2.24, 2.45) is 5.92 Å². The summed E-state index contributed by atoms with van der Waals surface area (Å²) in [6.45, 7) is 3.45. The zero-order chi connectivity index (χ0) is 19.5. The molecule has 0 bridgehead atoms. The van der Waals surface area contributed by atoms with E-state index in [4.69, 9.17) is 0 Å². The lowest BCUT2D eigenvalue weighted by Crippen LogP contribution is -2.37. The molecular formula is C24H28N2O2. The fraction of sp³-hybridized carbons (Fsp3) is 0.375. The number of hydrogen-bond acceptors (Lipinski definition) is 2. The fourth-order valence-corrected chi connectivity index (χ4v) is 4.58. The third kappa shape index (κ3) is 3.69. The average Bonchev–Trinajstić information content (AvgIpc) is 3.02. The number of aromatic carboxylic acids is 1. The maximum Gasteiger partial charge on any atom is 0.352 e. The molecule has 3 aromatic rings. The second kappa shape index (κ2) is 8.19.